The van der Waals surface area contributed by atoms with Gasteiger partial charge in [-0.1, -0.05) is 11.6 Å². The van der Waals surface area contributed by atoms with Crippen LogP contribution in [0.25, 0.3) is 0 Å². The van der Waals surface area contributed by atoms with Crippen LogP contribution in [0.1, 0.15) is 5.56 Å². The third kappa shape index (κ3) is 2.98. The Bertz CT molecular complexity index is 455. The topological polar surface area (TPSA) is 58.4 Å². The second-order valence-corrected chi connectivity index (χ2v) is 4.74. The molecule has 1 aromatic carbocycles. The molecule has 1 aliphatic heterocycles. The molecule has 98 valence electrons. The lowest BCUT2D eigenvalue weighted by Crippen LogP contribution is -2.56. The Labute approximate surface area is 110 Å². The minimum atomic E-state index is -0.380. The largest absolute Gasteiger partial charge is 0.368 e. The van der Waals surface area contributed by atoms with Gasteiger partial charge in [-0.05, 0) is 23.8 Å². The van der Waals surface area contributed by atoms with Gasteiger partial charge < -0.3 is 11.1 Å². The van der Waals surface area contributed by atoms with Crippen molar-refractivity contribution < 1.29 is 9.18 Å². The predicted molar refractivity (Wildman–Crippen MR) is 67.7 cm³/mol. The van der Waals surface area contributed by atoms with E-state index in [9.17, 15) is 9.18 Å². The number of nitrogens with two attached hydrogens (primary N) is 1. The molecule has 1 unspecified atom stereocenters. The number of carbonyl (C=O) groups excluding carboxylic acids is 1. The van der Waals surface area contributed by atoms with E-state index < -0.39 is 0 Å². The van der Waals surface area contributed by atoms with E-state index in [0.29, 0.717) is 30.2 Å². The summed E-state index contributed by atoms with van der Waals surface area (Å²) in [5, 5.41) is 3.61. The first-order valence-corrected chi connectivity index (χ1v) is 6.14. The summed E-state index contributed by atoms with van der Waals surface area (Å²) in [5.41, 5.74) is 6.02. The van der Waals surface area contributed by atoms with Crippen LogP contribution in [0.3, 0.4) is 0 Å². The fraction of sp³-hybridized carbons (Fsp3) is 0.417. The van der Waals surface area contributed by atoms with Gasteiger partial charge in [0.2, 0.25) is 5.91 Å². The van der Waals surface area contributed by atoms with E-state index in [4.69, 9.17) is 17.3 Å². The van der Waals surface area contributed by atoms with Gasteiger partial charge in [0.15, 0.2) is 0 Å². The third-order valence-electron chi connectivity index (χ3n) is 3.06. The van der Waals surface area contributed by atoms with E-state index >= 15 is 0 Å². The molecule has 6 heteroatoms. The van der Waals surface area contributed by atoms with Crippen molar-refractivity contribution in [3.8, 4) is 0 Å². The number of hydrogen-bond donors (Lipinski definition) is 2. The molecule has 1 saturated heterocycles. The van der Waals surface area contributed by atoms with E-state index in [2.05, 4.69) is 5.32 Å². The second kappa shape index (κ2) is 5.65. The van der Waals surface area contributed by atoms with Crippen LogP contribution in [0.4, 0.5) is 4.39 Å². The number of amides is 1. The molecule has 0 bridgehead atoms. The molecule has 18 heavy (non-hydrogen) atoms. The molecule has 1 aromatic rings. The summed E-state index contributed by atoms with van der Waals surface area (Å²) >= 11 is 6.02. The van der Waals surface area contributed by atoms with Crippen LogP contribution in [0.2, 0.25) is 5.02 Å². The zero-order valence-electron chi connectivity index (χ0n) is 9.83. The molecular weight excluding hydrogens is 257 g/mol. The van der Waals surface area contributed by atoms with Gasteiger partial charge in [-0.2, -0.15) is 0 Å². The summed E-state index contributed by atoms with van der Waals surface area (Å²) in [6.07, 6.45) is 0. The first-order valence-electron chi connectivity index (χ1n) is 5.76. The Hall–Kier alpha value is -1.17. The van der Waals surface area contributed by atoms with E-state index in [0.717, 1.165) is 6.54 Å². The summed E-state index contributed by atoms with van der Waals surface area (Å²) in [6, 6.07) is 3.85. The van der Waals surface area contributed by atoms with Gasteiger partial charge in [0.1, 0.15) is 11.9 Å². The first kappa shape index (κ1) is 13.3. The molecule has 1 fully saturated rings. The van der Waals surface area contributed by atoms with Crippen molar-refractivity contribution in [2.75, 3.05) is 19.6 Å². The van der Waals surface area contributed by atoms with Crippen molar-refractivity contribution in [3.63, 3.8) is 0 Å². The van der Waals surface area contributed by atoms with Crippen LogP contribution < -0.4 is 11.1 Å². The van der Waals surface area contributed by atoms with Gasteiger partial charge >= 0.3 is 0 Å². The molecule has 0 radical (unpaired) electrons. The maximum Gasteiger partial charge on any atom is 0.236 e. The van der Waals surface area contributed by atoms with Crippen molar-refractivity contribution >= 4 is 17.5 Å². The summed E-state index contributed by atoms with van der Waals surface area (Å²) in [5.74, 6) is -0.713. The lowest BCUT2D eigenvalue weighted by molar-refractivity contribution is -0.124. The summed E-state index contributed by atoms with van der Waals surface area (Å²) < 4.78 is 13.2. The number of piperazine rings is 1. The van der Waals surface area contributed by atoms with Gasteiger partial charge in [-0.15, -0.1) is 0 Å². The average Bonchev–Trinajstić information content (AvgIpc) is 2.34. The number of benzene rings is 1. The first-order chi connectivity index (χ1) is 8.58. The second-order valence-electron chi connectivity index (χ2n) is 4.33. The Balaban J connectivity index is 2.15. The van der Waals surface area contributed by atoms with Crippen molar-refractivity contribution in [3.05, 3.63) is 34.6 Å². The zero-order chi connectivity index (χ0) is 13.1. The molecule has 0 aliphatic carbocycles. The minimum absolute atomic E-state index is 0.333. The molecule has 0 aromatic heterocycles. The molecule has 2 rings (SSSR count). The molecule has 1 heterocycles. The maximum atomic E-state index is 13.2. The SMILES string of the molecule is NC(=O)C1CNCCN1Cc1cc(F)ccc1Cl. The van der Waals surface area contributed by atoms with E-state index in [1.54, 1.807) is 0 Å². The molecule has 4 nitrogen and oxygen atoms in total. The highest BCUT2D eigenvalue weighted by Crippen LogP contribution is 2.20. The number of nitrogens with zero attached hydrogens (tertiary/aromatic N) is 1. The van der Waals surface area contributed by atoms with E-state index in [-0.39, 0.29) is 17.8 Å². The van der Waals surface area contributed by atoms with Crippen LogP contribution in [-0.4, -0.2) is 36.5 Å². The lowest BCUT2D eigenvalue weighted by atomic mass is 10.1. The quantitative estimate of drug-likeness (QED) is 0.853. The number of rotatable bonds is 3. The smallest absolute Gasteiger partial charge is 0.236 e. The van der Waals surface area contributed by atoms with Crippen LogP contribution in [0, 0.1) is 5.82 Å². The number of primary amides is 1. The van der Waals surface area contributed by atoms with Crippen molar-refractivity contribution in [2.45, 2.75) is 12.6 Å². The molecule has 3 N–H and O–H groups in total. The van der Waals surface area contributed by atoms with Gasteiger partial charge in [-0.25, -0.2) is 4.39 Å². The van der Waals surface area contributed by atoms with Gasteiger partial charge in [0.25, 0.3) is 0 Å². The average molecular weight is 272 g/mol. The number of carbonyl (C=O) groups is 1. The normalized spacial score (nSPS) is 20.9. The standard InChI is InChI=1S/C12H15ClFN3O/c13-10-2-1-9(14)5-8(10)7-17-4-3-16-6-11(17)12(15)18/h1-2,5,11,16H,3-4,6-7H2,(H2,15,18). The minimum Gasteiger partial charge on any atom is -0.368 e. The highest BCUT2D eigenvalue weighted by Gasteiger charge is 2.27. The fourth-order valence-corrected chi connectivity index (χ4v) is 2.28. The molecule has 0 spiro atoms. The summed E-state index contributed by atoms with van der Waals surface area (Å²) in [6.45, 7) is 2.39. The van der Waals surface area contributed by atoms with E-state index in [1.807, 2.05) is 4.90 Å². The van der Waals surface area contributed by atoms with Crippen molar-refractivity contribution in [1.29, 1.82) is 0 Å². The van der Waals surface area contributed by atoms with Gasteiger partial charge in [-0.3, -0.25) is 9.69 Å². The monoisotopic (exact) mass is 271 g/mol. The third-order valence-corrected chi connectivity index (χ3v) is 3.43. The molecule has 1 amide bonds. The summed E-state index contributed by atoms with van der Waals surface area (Å²) in [7, 11) is 0. The van der Waals surface area contributed by atoms with Crippen LogP contribution in [0.5, 0.6) is 0 Å². The number of nitrogens with one attached hydrogen (secondary N) is 1. The van der Waals surface area contributed by atoms with Crippen molar-refractivity contribution in [2.24, 2.45) is 5.73 Å². The van der Waals surface area contributed by atoms with Gasteiger partial charge in [0.05, 0.1) is 0 Å². The van der Waals surface area contributed by atoms with Crippen LogP contribution in [0.15, 0.2) is 18.2 Å². The Kier molecular flexibility index (Phi) is 4.16. The maximum absolute atomic E-state index is 13.2. The molecule has 1 aliphatic rings. The predicted octanol–water partition coefficient (Wildman–Crippen LogP) is 0.738. The highest BCUT2D eigenvalue weighted by molar-refractivity contribution is 6.31. The Morgan fingerprint density at radius 1 is 1.61 bits per heavy atom. The van der Waals surface area contributed by atoms with Crippen LogP contribution >= 0.6 is 11.6 Å². The van der Waals surface area contributed by atoms with E-state index in [1.165, 1.54) is 18.2 Å². The zero-order valence-corrected chi connectivity index (χ0v) is 10.6. The summed E-state index contributed by atoms with van der Waals surface area (Å²) in [4.78, 5) is 13.3. The molecule has 0 saturated carbocycles. The number of hydrogen-bond acceptors (Lipinski definition) is 3. The Morgan fingerprint density at radius 3 is 3.11 bits per heavy atom. The lowest BCUT2D eigenvalue weighted by Gasteiger charge is -2.34. The Morgan fingerprint density at radius 2 is 2.39 bits per heavy atom. The highest BCUT2D eigenvalue weighted by atomic mass is 35.5. The van der Waals surface area contributed by atoms with Crippen molar-refractivity contribution in [1.82, 2.24) is 10.2 Å². The molecule has 1 atom stereocenters. The number of halogens is 2. The fourth-order valence-electron chi connectivity index (χ4n) is 2.10. The molecular formula is C12H15ClFN3O. The van der Waals surface area contributed by atoms with Gasteiger partial charge in [0, 0.05) is 31.2 Å². The van der Waals surface area contributed by atoms with Crippen LogP contribution in [-0.2, 0) is 11.3 Å².